The highest BCUT2D eigenvalue weighted by molar-refractivity contribution is 7.92. The third-order valence-electron chi connectivity index (χ3n) is 4.03. The summed E-state index contributed by atoms with van der Waals surface area (Å²) < 4.78 is 27.0. The predicted molar refractivity (Wildman–Crippen MR) is 109 cm³/mol. The van der Waals surface area contributed by atoms with Crippen LogP contribution in [0.25, 0.3) is 0 Å². The molecule has 27 heavy (non-hydrogen) atoms. The van der Waals surface area contributed by atoms with E-state index in [1.807, 2.05) is 44.2 Å². The van der Waals surface area contributed by atoms with E-state index in [-0.39, 0.29) is 17.0 Å². The first-order valence-electron chi connectivity index (χ1n) is 8.79. The van der Waals surface area contributed by atoms with Crippen molar-refractivity contribution in [3.05, 3.63) is 65.2 Å². The smallest absolute Gasteiger partial charge is 0.254 e. The van der Waals surface area contributed by atoms with Crippen molar-refractivity contribution in [1.82, 2.24) is 5.32 Å². The third-order valence-corrected chi connectivity index (χ3v) is 5.38. The van der Waals surface area contributed by atoms with Crippen LogP contribution in [0.2, 0.25) is 0 Å². The largest absolute Gasteiger partial charge is 0.334 e. The number of terminal acetylenes is 1. The lowest BCUT2D eigenvalue weighted by atomic mass is 10.1. The summed E-state index contributed by atoms with van der Waals surface area (Å²) in [4.78, 5) is 12.8. The summed E-state index contributed by atoms with van der Waals surface area (Å²) in [7, 11) is -3.52. The molecule has 0 saturated carbocycles. The fourth-order valence-corrected chi connectivity index (χ4v) is 3.85. The molecule has 0 aliphatic heterocycles. The summed E-state index contributed by atoms with van der Waals surface area (Å²) in [5.74, 6) is 2.14. The van der Waals surface area contributed by atoms with E-state index in [1.54, 1.807) is 18.2 Å². The minimum absolute atomic E-state index is 0.00936. The zero-order chi connectivity index (χ0) is 19.9. The van der Waals surface area contributed by atoms with Crippen LogP contribution >= 0.6 is 0 Å². The molecule has 0 bridgehead atoms. The number of anilines is 1. The van der Waals surface area contributed by atoms with E-state index >= 15 is 0 Å². The maximum atomic E-state index is 12.8. The van der Waals surface area contributed by atoms with Crippen LogP contribution in [0.15, 0.2) is 48.5 Å². The predicted octanol–water partition coefficient (Wildman–Crippen LogP) is 3.64. The Bertz CT molecular complexity index is 932. The van der Waals surface area contributed by atoms with Crippen LogP contribution in [-0.2, 0) is 10.0 Å². The number of carbonyl (C=O) groups is 1. The summed E-state index contributed by atoms with van der Waals surface area (Å²) >= 11 is 0. The second kappa shape index (κ2) is 9.24. The molecule has 0 aliphatic rings. The van der Waals surface area contributed by atoms with E-state index in [2.05, 4.69) is 16.0 Å². The van der Waals surface area contributed by atoms with Crippen molar-refractivity contribution in [3.63, 3.8) is 0 Å². The monoisotopic (exact) mass is 384 g/mol. The average molecular weight is 385 g/mol. The molecule has 0 fully saturated rings. The van der Waals surface area contributed by atoms with Crippen LogP contribution in [0.1, 0.15) is 47.3 Å². The van der Waals surface area contributed by atoms with Crippen LogP contribution in [-0.4, -0.2) is 20.1 Å². The first kappa shape index (κ1) is 20.5. The van der Waals surface area contributed by atoms with Crippen molar-refractivity contribution in [2.24, 2.45) is 0 Å². The van der Waals surface area contributed by atoms with E-state index in [9.17, 15) is 13.2 Å². The number of nitrogens with one attached hydrogen (secondary N) is 2. The van der Waals surface area contributed by atoms with Gasteiger partial charge in [0.05, 0.1) is 17.0 Å². The summed E-state index contributed by atoms with van der Waals surface area (Å²) in [5.41, 5.74) is 2.11. The van der Waals surface area contributed by atoms with Crippen LogP contribution in [0.4, 0.5) is 5.69 Å². The van der Waals surface area contributed by atoms with E-state index in [1.165, 1.54) is 0 Å². The lowest BCUT2D eigenvalue weighted by molar-refractivity contribution is 0.0946. The van der Waals surface area contributed by atoms with Crippen LogP contribution < -0.4 is 10.0 Å². The molecule has 0 radical (unpaired) electrons. The SMILES string of the molecule is C#CC(NC(=O)c1cc(C)ccc1NS(=O)(=O)CCCC)c1ccccc1. The van der Waals surface area contributed by atoms with Crippen LogP contribution in [0, 0.1) is 19.3 Å². The van der Waals surface area contributed by atoms with Gasteiger partial charge in [-0.15, -0.1) is 6.42 Å². The van der Waals surface area contributed by atoms with Crippen molar-refractivity contribution < 1.29 is 13.2 Å². The van der Waals surface area contributed by atoms with E-state index < -0.39 is 22.0 Å². The van der Waals surface area contributed by atoms with Gasteiger partial charge in [0.15, 0.2) is 0 Å². The first-order valence-corrected chi connectivity index (χ1v) is 10.4. The van der Waals surface area contributed by atoms with E-state index in [0.29, 0.717) is 6.42 Å². The van der Waals surface area contributed by atoms with Gasteiger partial charge < -0.3 is 5.32 Å². The quantitative estimate of drug-likeness (QED) is 0.682. The molecule has 1 atom stereocenters. The van der Waals surface area contributed by atoms with Crippen molar-refractivity contribution in [1.29, 1.82) is 0 Å². The summed E-state index contributed by atoms with van der Waals surface area (Å²) in [6.45, 7) is 3.76. The second-order valence-corrected chi connectivity index (χ2v) is 8.15. The highest BCUT2D eigenvalue weighted by Gasteiger charge is 2.19. The normalized spacial score (nSPS) is 12.0. The van der Waals surface area contributed by atoms with Crippen molar-refractivity contribution in [2.45, 2.75) is 32.7 Å². The van der Waals surface area contributed by atoms with Gasteiger partial charge in [0.25, 0.3) is 5.91 Å². The molecule has 0 spiro atoms. The van der Waals surface area contributed by atoms with Crippen molar-refractivity contribution in [3.8, 4) is 12.3 Å². The third kappa shape index (κ3) is 5.87. The molecule has 0 aromatic heterocycles. The minimum atomic E-state index is -3.52. The lowest BCUT2D eigenvalue weighted by Gasteiger charge is -2.17. The topological polar surface area (TPSA) is 75.3 Å². The summed E-state index contributed by atoms with van der Waals surface area (Å²) in [5, 5.41) is 2.79. The number of benzene rings is 2. The van der Waals surface area contributed by atoms with Gasteiger partial charge >= 0.3 is 0 Å². The number of carbonyl (C=O) groups excluding carboxylic acids is 1. The summed E-state index contributed by atoms with van der Waals surface area (Å²) in [6.07, 6.45) is 6.90. The molecule has 6 heteroatoms. The molecule has 0 saturated heterocycles. The Morgan fingerprint density at radius 1 is 1.19 bits per heavy atom. The highest BCUT2D eigenvalue weighted by Crippen LogP contribution is 2.21. The molecule has 1 amide bonds. The Hall–Kier alpha value is -2.78. The second-order valence-electron chi connectivity index (χ2n) is 6.31. The van der Waals surface area contributed by atoms with Gasteiger partial charge in [0, 0.05) is 0 Å². The number of amides is 1. The van der Waals surface area contributed by atoms with Gasteiger partial charge in [-0.2, -0.15) is 0 Å². The molecule has 0 heterocycles. The van der Waals surface area contributed by atoms with E-state index in [4.69, 9.17) is 6.42 Å². The average Bonchev–Trinajstić information content (AvgIpc) is 2.66. The molecule has 1 unspecified atom stereocenters. The number of rotatable bonds is 8. The van der Waals surface area contributed by atoms with Crippen molar-refractivity contribution >= 4 is 21.6 Å². The molecular formula is C21H24N2O3S. The molecule has 5 nitrogen and oxygen atoms in total. The van der Waals surface area contributed by atoms with Gasteiger partial charge in [0.1, 0.15) is 6.04 Å². The maximum Gasteiger partial charge on any atom is 0.254 e. The van der Waals surface area contributed by atoms with Gasteiger partial charge in [-0.3, -0.25) is 9.52 Å². The Morgan fingerprint density at radius 3 is 2.52 bits per heavy atom. The highest BCUT2D eigenvalue weighted by atomic mass is 32.2. The molecule has 2 N–H and O–H groups in total. The molecule has 2 aromatic rings. The molecular weight excluding hydrogens is 360 g/mol. The lowest BCUT2D eigenvalue weighted by Crippen LogP contribution is -2.29. The first-order chi connectivity index (χ1) is 12.9. The Labute approximate surface area is 161 Å². The van der Waals surface area contributed by atoms with Gasteiger partial charge in [-0.25, -0.2) is 8.42 Å². The molecule has 0 aliphatic carbocycles. The molecule has 2 aromatic carbocycles. The number of sulfonamides is 1. The van der Waals surface area contributed by atoms with Crippen LogP contribution in [0.5, 0.6) is 0 Å². The van der Waals surface area contributed by atoms with E-state index in [0.717, 1.165) is 17.5 Å². The Balaban J connectivity index is 2.27. The van der Waals surface area contributed by atoms with Gasteiger partial charge in [0.2, 0.25) is 10.0 Å². The fraction of sp³-hybridized carbons (Fsp3) is 0.286. The summed E-state index contributed by atoms with van der Waals surface area (Å²) in [6, 6.07) is 13.6. The van der Waals surface area contributed by atoms with Crippen molar-refractivity contribution in [2.75, 3.05) is 10.5 Å². The maximum absolute atomic E-state index is 12.8. The van der Waals surface area contributed by atoms with Crippen LogP contribution in [0.3, 0.4) is 0 Å². The minimum Gasteiger partial charge on any atom is -0.334 e. The number of hydrogen-bond donors (Lipinski definition) is 2. The standard InChI is InChI=1S/C21H24N2O3S/c1-4-6-14-27(25,26)23-20-13-12-16(3)15-18(20)21(24)22-19(5-2)17-10-8-7-9-11-17/h2,7-13,15,19,23H,4,6,14H2,1,3H3,(H,22,24). The molecule has 142 valence electrons. The molecule has 2 rings (SSSR count). The Morgan fingerprint density at radius 2 is 1.89 bits per heavy atom. The zero-order valence-corrected chi connectivity index (χ0v) is 16.3. The number of hydrogen-bond acceptors (Lipinski definition) is 3. The van der Waals surface area contributed by atoms with Gasteiger partial charge in [-0.1, -0.05) is 61.2 Å². The van der Waals surface area contributed by atoms with Gasteiger partial charge in [-0.05, 0) is 31.0 Å². The fourth-order valence-electron chi connectivity index (χ4n) is 2.56. The zero-order valence-electron chi connectivity index (χ0n) is 15.5. The number of unbranched alkanes of at least 4 members (excludes halogenated alkanes) is 1. The Kier molecular flexibility index (Phi) is 7.03. The number of aryl methyl sites for hydroxylation is 1.